The number of aliphatic hydroxyl groups is 1. The van der Waals surface area contributed by atoms with E-state index in [2.05, 4.69) is 109 Å². The molecule has 0 saturated heterocycles. The van der Waals surface area contributed by atoms with Crippen LogP contribution in [0.1, 0.15) is 81.9 Å². The number of fused-ring (bicyclic) bond motifs is 5. The molecule has 6 aromatic carbocycles. The largest absolute Gasteiger partial charge is 0.427 e. The molecule has 2 aliphatic carbocycles. The molecule has 4 atom stereocenters. The number of nitrogens with zero attached hydrogens (tertiary/aromatic N) is 4. The highest BCUT2D eigenvalue weighted by atomic mass is 16.5. The van der Waals surface area contributed by atoms with Crippen molar-refractivity contribution in [2.75, 3.05) is 0 Å². The van der Waals surface area contributed by atoms with Gasteiger partial charge in [0, 0.05) is 16.7 Å². The van der Waals surface area contributed by atoms with Crippen molar-refractivity contribution in [3.05, 3.63) is 144 Å². The average Bonchev–Trinajstić information content (AvgIpc) is 3.54. The Hall–Kier alpha value is -5.68. The van der Waals surface area contributed by atoms with Gasteiger partial charge >= 0.3 is 7.48 Å². The molecule has 1 heterocycles. The first-order valence-electron chi connectivity index (χ1n) is 20.3. The number of aromatic nitrogens is 3. The molecule has 4 unspecified atom stereocenters. The van der Waals surface area contributed by atoms with Gasteiger partial charge in [-0.1, -0.05) is 103 Å². The maximum Gasteiger partial charge on any atom is 0.309 e. The van der Waals surface area contributed by atoms with E-state index >= 15 is 0 Å². The lowest BCUT2D eigenvalue weighted by molar-refractivity contribution is -0.0893. The van der Waals surface area contributed by atoms with Gasteiger partial charge < -0.3 is 9.76 Å². The van der Waals surface area contributed by atoms with Crippen LogP contribution in [0.4, 0.5) is 0 Å². The number of nitriles is 1. The highest BCUT2D eigenvalue weighted by molar-refractivity contribution is 6.47. The Balaban J connectivity index is 0.986. The van der Waals surface area contributed by atoms with Crippen molar-refractivity contribution in [3.8, 4) is 40.2 Å². The van der Waals surface area contributed by atoms with Gasteiger partial charge in [0.2, 0.25) is 0 Å². The topological polar surface area (TPSA) is 91.9 Å². The summed E-state index contributed by atoms with van der Waals surface area (Å²) in [5.41, 5.74) is 5.74. The second kappa shape index (κ2) is 14.7. The monoisotopic (exact) mass is 746 g/mol. The highest BCUT2D eigenvalue weighted by Gasteiger charge is 2.42. The van der Waals surface area contributed by atoms with Crippen LogP contribution in [0.25, 0.3) is 55.7 Å². The van der Waals surface area contributed by atoms with E-state index in [1.165, 1.54) is 42.2 Å². The van der Waals surface area contributed by atoms with Crippen molar-refractivity contribution in [1.82, 2.24) is 15.0 Å². The Labute approximate surface area is 335 Å². The summed E-state index contributed by atoms with van der Waals surface area (Å²) in [7, 11) is 0.481. The zero-order chi connectivity index (χ0) is 39.3. The summed E-state index contributed by atoms with van der Waals surface area (Å²) in [6.45, 7) is 7.48. The van der Waals surface area contributed by atoms with Gasteiger partial charge in [0.15, 0.2) is 17.5 Å². The average molecular weight is 747 g/mol. The fraction of sp³-hybridized carbons (Fsp3) is 0.280. The second-order valence-corrected chi connectivity index (χ2v) is 17.3. The Morgan fingerprint density at radius 1 is 0.649 bits per heavy atom. The molecule has 2 saturated carbocycles. The number of hydrogen-bond donors (Lipinski definition) is 1. The van der Waals surface area contributed by atoms with Crippen molar-refractivity contribution < 1.29 is 9.76 Å². The normalized spacial score (nSPS) is 19.4. The lowest BCUT2D eigenvalue weighted by Gasteiger charge is -2.37. The zero-order valence-corrected chi connectivity index (χ0v) is 33.1. The molecule has 1 aromatic heterocycles. The van der Waals surface area contributed by atoms with E-state index in [1.807, 2.05) is 38.1 Å². The summed E-state index contributed by atoms with van der Waals surface area (Å²) in [6.07, 6.45) is 4.96. The van der Waals surface area contributed by atoms with E-state index in [0.29, 0.717) is 48.3 Å². The van der Waals surface area contributed by atoms with E-state index in [-0.39, 0.29) is 0 Å². The molecule has 7 heteroatoms. The van der Waals surface area contributed by atoms with E-state index < -0.39 is 11.2 Å². The highest BCUT2D eigenvalue weighted by Crippen LogP contribution is 2.54. The molecule has 57 heavy (non-hydrogen) atoms. The number of benzene rings is 6. The summed E-state index contributed by atoms with van der Waals surface area (Å²) in [5, 5.41) is 24.5. The molecule has 7 aromatic rings. The van der Waals surface area contributed by atoms with Gasteiger partial charge in [-0.05, 0) is 140 Å². The van der Waals surface area contributed by atoms with E-state index in [0.717, 1.165) is 44.2 Å². The van der Waals surface area contributed by atoms with Crippen LogP contribution >= 0.6 is 0 Å². The van der Waals surface area contributed by atoms with Crippen LogP contribution in [0, 0.1) is 23.2 Å². The Morgan fingerprint density at radius 3 is 1.91 bits per heavy atom. The minimum Gasteiger partial charge on any atom is -0.427 e. The first kappa shape index (κ1) is 36.9. The van der Waals surface area contributed by atoms with E-state index in [1.54, 1.807) is 13.8 Å². The first-order chi connectivity index (χ1) is 27.5. The molecule has 2 bridgehead atoms. The van der Waals surface area contributed by atoms with Gasteiger partial charge in [0.05, 0.1) is 22.8 Å². The lowest BCUT2D eigenvalue weighted by Crippen LogP contribution is -2.49. The summed E-state index contributed by atoms with van der Waals surface area (Å²) in [5.74, 6) is 4.33. The number of rotatable bonds is 9. The first-order valence-corrected chi connectivity index (χ1v) is 20.3. The van der Waals surface area contributed by atoms with E-state index in [4.69, 9.17) is 19.6 Å². The van der Waals surface area contributed by atoms with Crippen LogP contribution in [0.15, 0.2) is 127 Å². The Bertz CT molecular complexity index is 2630. The van der Waals surface area contributed by atoms with Crippen molar-refractivity contribution in [1.29, 1.82) is 5.26 Å². The van der Waals surface area contributed by atoms with Gasteiger partial charge in [-0.25, -0.2) is 15.0 Å². The maximum absolute atomic E-state index is 10.5. The van der Waals surface area contributed by atoms with Crippen LogP contribution in [0.5, 0.6) is 0 Å². The molecule has 2 fully saturated rings. The molecular weight excluding hydrogens is 699 g/mol. The van der Waals surface area contributed by atoms with Crippen molar-refractivity contribution >= 4 is 34.5 Å². The van der Waals surface area contributed by atoms with Crippen LogP contribution in [0.3, 0.4) is 0 Å². The summed E-state index contributed by atoms with van der Waals surface area (Å²) >= 11 is 0. The van der Waals surface area contributed by atoms with Crippen molar-refractivity contribution in [3.63, 3.8) is 0 Å². The predicted octanol–water partition coefficient (Wildman–Crippen LogP) is 10.3. The SMILES string of the molecule is CC(C)(O)C(C)(C)OBc1ccc(C2CC3CC(c4ccc(-c5nc(-c6ccc(C#N)cc6)nc(-c6cc7ccccc7c7ccccc67)n5)cc4)CC2C3)cc1. The van der Waals surface area contributed by atoms with E-state index in [9.17, 15) is 10.4 Å². The fourth-order valence-electron chi connectivity index (χ4n) is 9.13. The standard InChI is InChI=1S/C50H47BN4O2/c1-49(2,56)50(3,4)57-51-40-23-21-34(22-24-40)44-27-32-25-38(28-39(44)26-32)33-17-19-36(20-18-33)47-53-46(35-15-13-31(30-52)14-16-35)54-48(55-47)45-29-37-9-5-6-10-41(37)42-11-7-8-12-43(42)45/h5-24,29,32,38-39,44,51,56H,25-28H2,1-4H3. The van der Waals surface area contributed by atoms with Crippen LogP contribution < -0.4 is 5.46 Å². The second-order valence-electron chi connectivity index (χ2n) is 17.3. The molecule has 2 aliphatic rings. The Morgan fingerprint density at radius 2 is 1.25 bits per heavy atom. The molecule has 0 aliphatic heterocycles. The third-order valence-corrected chi connectivity index (χ3v) is 13.0. The minimum absolute atomic E-state index is 0.481. The maximum atomic E-state index is 10.5. The lowest BCUT2D eigenvalue weighted by atomic mass is 9.75. The van der Waals surface area contributed by atoms with Gasteiger partial charge in [-0.15, -0.1) is 0 Å². The molecule has 9 rings (SSSR count). The van der Waals surface area contributed by atoms with Crippen LogP contribution in [-0.4, -0.2) is 38.7 Å². The predicted molar refractivity (Wildman–Crippen MR) is 231 cm³/mol. The van der Waals surface area contributed by atoms with Crippen LogP contribution in [-0.2, 0) is 4.65 Å². The molecule has 0 amide bonds. The van der Waals surface area contributed by atoms with Gasteiger partial charge in [0.1, 0.15) is 0 Å². The third-order valence-electron chi connectivity index (χ3n) is 13.0. The summed E-state index contributed by atoms with van der Waals surface area (Å²) in [6, 6.07) is 46.7. The van der Waals surface area contributed by atoms with Gasteiger partial charge in [-0.3, -0.25) is 0 Å². The Kier molecular flexibility index (Phi) is 9.51. The smallest absolute Gasteiger partial charge is 0.309 e. The molecule has 0 spiro atoms. The fourth-order valence-corrected chi connectivity index (χ4v) is 9.13. The molecule has 1 N–H and O–H groups in total. The molecule has 0 radical (unpaired) electrons. The van der Waals surface area contributed by atoms with Gasteiger partial charge in [-0.2, -0.15) is 5.26 Å². The zero-order valence-electron chi connectivity index (χ0n) is 33.1. The quantitative estimate of drug-likeness (QED) is 0.117. The summed E-state index contributed by atoms with van der Waals surface area (Å²) < 4.78 is 6.13. The van der Waals surface area contributed by atoms with Crippen molar-refractivity contribution in [2.45, 2.75) is 76.4 Å². The van der Waals surface area contributed by atoms with Crippen LogP contribution in [0.2, 0.25) is 0 Å². The molecule has 282 valence electrons. The van der Waals surface area contributed by atoms with Gasteiger partial charge in [0.25, 0.3) is 0 Å². The minimum atomic E-state index is -0.924. The number of hydrogen-bond acceptors (Lipinski definition) is 6. The molecular formula is C50H47BN4O2. The third kappa shape index (κ3) is 7.25. The summed E-state index contributed by atoms with van der Waals surface area (Å²) in [4.78, 5) is 15.3. The molecule has 6 nitrogen and oxygen atoms in total. The van der Waals surface area contributed by atoms with Crippen molar-refractivity contribution in [2.24, 2.45) is 11.8 Å².